The molecule has 0 aliphatic heterocycles. The normalized spacial score (nSPS) is 9.94. The first-order chi connectivity index (χ1) is 8.08. The zero-order valence-electron chi connectivity index (χ0n) is 9.94. The number of aliphatic imine (C=N–C) groups is 1. The van der Waals surface area contributed by atoms with Crippen molar-refractivity contribution in [1.82, 2.24) is 9.97 Å². The van der Waals surface area contributed by atoms with Crippen molar-refractivity contribution in [3.05, 3.63) is 35.7 Å². The van der Waals surface area contributed by atoms with Gasteiger partial charge in [-0.15, -0.1) is 6.42 Å². The monoisotopic (exact) mass is 226 g/mol. The smallest absolute Gasteiger partial charge is 0.221 e. The molecule has 1 aromatic heterocycles. The number of anilines is 1. The number of nitrogens with two attached hydrogens (primary N) is 1. The molecule has 86 valence electrons. The van der Waals surface area contributed by atoms with Crippen LogP contribution in [0.5, 0.6) is 0 Å². The van der Waals surface area contributed by atoms with E-state index < -0.39 is 0 Å². The maximum atomic E-state index is 5.59. The van der Waals surface area contributed by atoms with Crippen LogP contribution in [0.15, 0.2) is 29.3 Å². The molecule has 0 saturated carbocycles. The van der Waals surface area contributed by atoms with E-state index in [4.69, 9.17) is 12.2 Å². The van der Waals surface area contributed by atoms with Gasteiger partial charge < -0.3 is 5.73 Å². The van der Waals surface area contributed by atoms with Crippen LogP contribution >= 0.6 is 0 Å². The first kappa shape index (κ1) is 12.7. The van der Waals surface area contributed by atoms with E-state index >= 15 is 0 Å². The molecule has 4 heteroatoms. The molecule has 0 aromatic carbocycles. The van der Waals surface area contributed by atoms with Gasteiger partial charge in [0.2, 0.25) is 5.95 Å². The van der Waals surface area contributed by atoms with Crippen LogP contribution in [-0.2, 0) is 0 Å². The number of nitrogens with zero attached hydrogens (tertiary/aromatic N) is 3. The van der Waals surface area contributed by atoms with E-state index in [2.05, 4.69) is 27.5 Å². The van der Waals surface area contributed by atoms with Crippen molar-refractivity contribution in [2.45, 2.75) is 13.8 Å². The third kappa shape index (κ3) is 3.28. The fourth-order valence-electron chi connectivity index (χ4n) is 1.24. The molecular formula is C13H14N4. The number of aromatic nitrogens is 2. The Kier molecular flexibility index (Phi) is 4.18. The summed E-state index contributed by atoms with van der Waals surface area (Å²) in [4.78, 5) is 12.3. The van der Waals surface area contributed by atoms with E-state index in [1.54, 1.807) is 18.4 Å². The van der Waals surface area contributed by atoms with Gasteiger partial charge in [0.1, 0.15) is 5.69 Å². The molecule has 1 aromatic rings. The topological polar surface area (TPSA) is 64.2 Å². The van der Waals surface area contributed by atoms with Crippen LogP contribution < -0.4 is 5.73 Å². The first-order valence-corrected chi connectivity index (χ1v) is 5.02. The molecule has 0 radical (unpaired) electrons. The van der Waals surface area contributed by atoms with Gasteiger partial charge in [0.05, 0.1) is 11.4 Å². The number of nitrogen functional groups attached to an aromatic ring is 1. The summed E-state index contributed by atoms with van der Waals surface area (Å²) in [6.45, 7) is 7.44. The summed E-state index contributed by atoms with van der Waals surface area (Å²) in [5.41, 5.74) is 8.37. The largest absolute Gasteiger partial charge is 0.368 e. The standard InChI is InChI=1S/C13H14N4/c1-5-7-15-12(9(3)4)11-8-10(6-2)16-13(14)17-11/h2,5,7-8H,1H2,3-4H3,(H2,14,16,17). The van der Waals surface area contributed by atoms with Gasteiger partial charge >= 0.3 is 0 Å². The van der Waals surface area contributed by atoms with E-state index in [9.17, 15) is 0 Å². The fourth-order valence-corrected chi connectivity index (χ4v) is 1.24. The molecule has 0 saturated heterocycles. The van der Waals surface area contributed by atoms with Gasteiger partial charge in [-0.1, -0.05) is 18.6 Å². The summed E-state index contributed by atoms with van der Waals surface area (Å²) in [5.74, 6) is 2.57. The van der Waals surface area contributed by atoms with Crippen molar-refractivity contribution in [1.29, 1.82) is 0 Å². The van der Waals surface area contributed by atoms with Crippen molar-refractivity contribution in [3.63, 3.8) is 0 Å². The predicted molar refractivity (Wildman–Crippen MR) is 71.3 cm³/mol. The summed E-state index contributed by atoms with van der Waals surface area (Å²) in [6, 6.07) is 1.68. The van der Waals surface area contributed by atoms with Crippen LogP contribution in [0.25, 0.3) is 5.70 Å². The van der Waals surface area contributed by atoms with Gasteiger partial charge in [-0.05, 0) is 19.4 Å². The lowest BCUT2D eigenvalue weighted by Crippen LogP contribution is -2.01. The predicted octanol–water partition coefficient (Wildman–Crippen LogP) is 2.05. The molecule has 0 amide bonds. The van der Waals surface area contributed by atoms with Gasteiger partial charge in [0, 0.05) is 12.3 Å². The van der Waals surface area contributed by atoms with Crippen LogP contribution in [0.4, 0.5) is 5.95 Å². The zero-order chi connectivity index (χ0) is 12.8. The average molecular weight is 226 g/mol. The Morgan fingerprint density at radius 1 is 1.53 bits per heavy atom. The molecule has 2 N–H and O–H groups in total. The molecular weight excluding hydrogens is 212 g/mol. The van der Waals surface area contributed by atoms with Crippen LogP contribution in [0.1, 0.15) is 25.2 Å². The fraction of sp³-hybridized carbons (Fsp3) is 0.154. The molecule has 1 heterocycles. The SMILES string of the molecule is C#Cc1cc(C(N=CC=C)=C(C)C)nc(N)n1. The van der Waals surface area contributed by atoms with E-state index in [1.165, 1.54) is 0 Å². The van der Waals surface area contributed by atoms with Gasteiger partial charge in [-0.3, -0.25) is 4.99 Å². The third-order valence-corrected chi connectivity index (χ3v) is 1.92. The van der Waals surface area contributed by atoms with Crippen molar-refractivity contribution in [2.75, 3.05) is 5.73 Å². The lowest BCUT2D eigenvalue weighted by atomic mass is 10.2. The minimum Gasteiger partial charge on any atom is -0.368 e. The number of hydrogen-bond donors (Lipinski definition) is 1. The highest BCUT2D eigenvalue weighted by molar-refractivity contribution is 5.79. The summed E-state index contributed by atoms with van der Waals surface area (Å²) in [6.07, 6.45) is 8.48. The number of hydrogen-bond acceptors (Lipinski definition) is 4. The molecule has 1 rings (SSSR count). The minimum absolute atomic E-state index is 0.142. The quantitative estimate of drug-likeness (QED) is 0.633. The van der Waals surface area contributed by atoms with Crippen LogP contribution in [0, 0.1) is 12.3 Å². The molecule has 4 nitrogen and oxygen atoms in total. The minimum atomic E-state index is 0.142. The maximum Gasteiger partial charge on any atom is 0.221 e. The van der Waals surface area contributed by atoms with Crippen molar-refractivity contribution >= 4 is 17.9 Å². The average Bonchev–Trinajstić information content (AvgIpc) is 2.28. The molecule has 0 bridgehead atoms. The highest BCUT2D eigenvalue weighted by atomic mass is 15.0. The molecule has 0 atom stereocenters. The second kappa shape index (κ2) is 5.61. The second-order valence-corrected chi connectivity index (χ2v) is 3.50. The third-order valence-electron chi connectivity index (χ3n) is 1.92. The number of terminal acetylenes is 1. The Bertz CT molecular complexity index is 529. The van der Waals surface area contributed by atoms with Crippen LogP contribution in [-0.4, -0.2) is 16.2 Å². The Balaban J connectivity index is 3.35. The van der Waals surface area contributed by atoms with Crippen molar-refractivity contribution < 1.29 is 0 Å². The molecule has 0 unspecified atom stereocenters. The molecule has 17 heavy (non-hydrogen) atoms. The van der Waals surface area contributed by atoms with E-state index in [0.29, 0.717) is 11.4 Å². The van der Waals surface area contributed by atoms with E-state index in [-0.39, 0.29) is 5.95 Å². The van der Waals surface area contributed by atoms with Crippen molar-refractivity contribution in [2.24, 2.45) is 4.99 Å². The van der Waals surface area contributed by atoms with Crippen LogP contribution in [0.3, 0.4) is 0 Å². The lowest BCUT2D eigenvalue weighted by Gasteiger charge is -2.05. The van der Waals surface area contributed by atoms with Gasteiger partial charge in [-0.25, -0.2) is 9.97 Å². The summed E-state index contributed by atoms with van der Waals surface area (Å²) in [5, 5.41) is 0. The van der Waals surface area contributed by atoms with Gasteiger partial charge in [0.15, 0.2) is 0 Å². The first-order valence-electron chi connectivity index (χ1n) is 5.02. The summed E-state index contributed by atoms with van der Waals surface area (Å²) >= 11 is 0. The Morgan fingerprint density at radius 2 is 2.24 bits per heavy atom. The van der Waals surface area contributed by atoms with E-state index in [1.807, 2.05) is 13.8 Å². The summed E-state index contributed by atoms with van der Waals surface area (Å²) in [7, 11) is 0. The zero-order valence-corrected chi connectivity index (χ0v) is 9.94. The highest BCUT2D eigenvalue weighted by Crippen LogP contribution is 2.19. The maximum absolute atomic E-state index is 5.59. The van der Waals surface area contributed by atoms with Gasteiger partial charge in [-0.2, -0.15) is 0 Å². The highest BCUT2D eigenvalue weighted by Gasteiger charge is 2.06. The molecule has 0 aliphatic rings. The molecule has 0 fully saturated rings. The number of allylic oxidation sites excluding steroid dienone is 2. The number of rotatable bonds is 3. The van der Waals surface area contributed by atoms with Crippen LogP contribution in [0.2, 0.25) is 0 Å². The Morgan fingerprint density at radius 3 is 2.76 bits per heavy atom. The Labute approximate surface area is 101 Å². The van der Waals surface area contributed by atoms with Crippen molar-refractivity contribution in [3.8, 4) is 12.3 Å². The van der Waals surface area contributed by atoms with E-state index in [0.717, 1.165) is 11.3 Å². The van der Waals surface area contributed by atoms with Gasteiger partial charge in [0.25, 0.3) is 0 Å². The molecule has 0 spiro atoms. The summed E-state index contributed by atoms with van der Waals surface area (Å²) < 4.78 is 0. The molecule has 0 aliphatic carbocycles. The lowest BCUT2D eigenvalue weighted by molar-refractivity contribution is 1.13. The Hall–Kier alpha value is -2.41. The second-order valence-electron chi connectivity index (χ2n) is 3.50.